The van der Waals surface area contributed by atoms with E-state index in [9.17, 15) is 9.59 Å². The average Bonchev–Trinajstić information content (AvgIpc) is 2.97. The fourth-order valence-corrected chi connectivity index (χ4v) is 2.67. The third kappa shape index (κ3) is 2.05. The van der Waals surface area contributed by atoms with E-state index in [0.29, 0.717) is 18.4 Å². The van der Waals surface area contributed by atoms with Crippen molar-refractivity contribution in [3.8, 4) is 0 Å². The molecule has 1 aliphatic heterocycles. The minimum Gasteiger partial charge on any atom is -0.342 e. The van der Waals surface area contributed by atoms with Crippen LogP contribution in [0.25, 0.3) is 0 Å². The zero-order chi connectivity index (χ0) is 12.7. The number of carbonyl (C=O) groups is 2. The van der Waals surface area contributed by atoms with Gasteiger partial charge in [-0.15, -0.1) is 0 Å². The van der Waals surface area contributed by atoms with Crippen LogP contribution in [0.1, 0.15) is 40.5 Å². The van der Waals surface area contributed by atoms with Gasteiger partial charge in [0.15, 0.2) is 0 Å². The van der Waals surface area contributed by atoms with Gasteiger partial charge in [-0.05, 0) is 24.7 Å². The number of nitrogens with one attached hydrogen (secondary N) is 1. The summed E-state index contributed by atoms with van der Waals surface area (Å²) in [6.45, 7) is 8.06. The molecule has 1 aliphatic carbocycles. The Bertz CT molecular complexity index is 340. The van der Waals surface area contributed by atoms with Gasteiger partial charge in [0.05, 0.1) is 0 Å². The summed E-state index contributed by atoms with van der Waals surface area (Å²) in [5, 5.41) is 2.86. The Kier molecular flexibility index (Phi) is 3.15. The number of nitrogens with zero attached hydrogens (tertiary/aromatic N) is 1. The number of rotatable bonds is 3. The molecule has 1 saturated carbocycles. The Labute approximate surface area is 103 Å². The zero-order valence-electron chi connectivity index (χ0n) is 11.1. The van der Waals surface area contributed by atoms with Crippen LogP contribution in [-0.2, 0) is 9.59 Å². The summed E-state index contributed by atoms with van der Waals surface area (Å²) in [4.78, 5) is 26.3. The highest BCUT2D eigenvalue weighted by molar-refractivity contribution is 5.97. The van der Waals surface area contributed by atoms with Crippen LogP contribution >= 0.6 is 0 Å². The van der Waals surface area contributed by atoms with E-state index in [1.54, 1.807) is 0 Å². The van der Waals surface area contributed by atoms with Crippen molar-refractivity contribution in [1.82, 2.24) is 10.2 Å². The molecule has 4 atom stereocenters. The molecule has 4 unspecified atom stereocenters. The number of piperazine rings is 1. The second-order valence-corrected chi connectivity index (χ2v) is 5.68. The van der Waals surface area contributed by atoms with Gasteiger partial charge < -0.3 is 10.2 Å². The van der Waals surface area contributed by atoms with Crippen LogP contribution in [0, 0.1) is 11.8 Å². The van der Waals surface area contributed by atoms with Gasteiger partial charge in [-0.25, -0.2) is 0 Å². The van der Waals surface area contributed by atoms with E-state index in [1.165, 1.54) is 0 Å². The van der Waals surface area contributed by atoms with Gasteiger partial charge in [0.2, 0.25) is 11.8 Å². The first kappa shape index (κ1) is 12.4. The molecule has 4 nitrogen and oxygen atoms in total. The van der Waals surface area contributed by atoms with Crippen molar-refractivity contribution in [2.24, 2.45) is 11.8 Å². The summed E-state index contributed by atoms with van der Waals surface area (Å²) < 4.78 is 0. The van der Waals surface area contributed by atoms with E-state index in [-0.39, 0.29) is 29.8 Å². The standard InChI is InChI=1S/C13H22N2O2/c1-5-9-12(16)14-11(7(2)3)13(17)15(9)10-6-8(10)4/h7-11H,5-6H2,1-4H3,(H,14,16). The van der Waals surface area contributed by atoms with Crippen LogP contribution in [0.15, 0.2) is 0 Å². The molecule has 96 valence electrons. The SMILES string of the molecule is CCC1C(=O)NC(C(C)C)C(=O)N1C1CC1C. The van der Waals surface area contributed by atoms with Gasteiger partial charge >= 0.3 is 0 Å². The van der Waals surface area contributed by atoms with Gasteiger partial charge in [0.25, 0.3) is 0 Å². The predicted molar refractivity (Wildman–Crippen MR) is 65.3 cm³/mol. The largest absolute Gasteiger partial charge is 0.342 e. The van der Waals surface area contributed by atoms with Crippen molar-refractivity contribution in [1.29, 1.82) is 0 Å². The lowest BCUT2D eigenvalue weighted by Crippen LogP contribution is -2.65. The molecule has 0 aromatic carbocycles. The maximum absolute atomic E-state index is 12.4. The molecule has 17 heavy (non-hydrogen) atoms. The molecule has 0 spiro atoms. The summed E-state index contributed by atoms with van der Waals surface area (Å²) >= 11 is 0. The Morgan fingerprint density at radius 3 is 2.41 bits per heavy atom. The Morgan fingerprint density at radius 1 is 1.41 bits per heavy atom. The first-order valence-corrected chi connectivity index (χ1v) is 6.59. The monoisotopic (exact) mass is 238 g/mol. The van der Waals surface area contributed by atoms with Crippen LogP contribution in [0.3, 0.4) is 0 Å². The minimum absolute atomic E-state index is 0.0184. The second kappa shape index (κ2) is 4.31. The Balaban J connectivity index is 2.23. The highest BCUT2D eigenvalue weighted by Gasteiger charge is 2.50. The predicted octanol–water partition coefficient (Wildman–Crippen LogP) is 1.16. The van der Waals surface area contributed by atoms with E-state index in [0.717, 1.165) is 6.42 Å². The lowest BCUT2D eigenvalue weighted by Gasteiger charge is -2.40. The van der Waals surface area contributed by atoms with E-state index in [2.05, 4.69) is 12.2 Å². The van der Waals surface area contributed by atoms with Gasteiger partial charge in [-0.3, -0.25) is 9.59 Å². The van der Waals surface area contributed by atoms with Crippen molar-refractivity contribution < 1.29 is 9.59 Å². The maximum atomic E-state index is 12.4. The zero-order valence-corrected chi connectivity index (χ0v) is 11.1. The third-order valence-electron chi connectivity index (χ3n) is 3.93. The molecule has 1 saturated heterocycles. The lowest BCUT2D eigenvalue weighted by atomic mass is 9.96. The molecular weight excluding hydrogens is 216 g/mol. The molecule has 1 N–H and O–H groups in total. The van der Waals surface area contributed by atoms with Gasteiger partial charge in [-0.2, -0.15) is 0 Å². The molecule has 0 bridgehead atoms. The number of hydrogen-bond donors (Lipinski definition) is 1. The van der Waals surface area contributed by atoms with Crippen molar-refractivity contribution in [2.45, 2.75) is 58.7 Å². The summed E-state index contributed by atoms with van der Waals surface area (Å²) in [7, 11) is 0. The molecule has 2 rings (SSSR count). The fraction of sp³-hybridized carbons (Fsp3) is 0.846. The maximum Gasteiger partial charge on any atom is 0.246 e. The normalized spacial score (nSPS) is 37.4. The fourth-order valence-electron chi connectivity index (χ4n) is 2.67. The number of hydrogen-bond acceptors (Lipinski definition) is 2. The molecule has 4 heteroatoms. The van der Waals surface area contributed by atoms with E-state index >= 15 is 0 Å². The average molecular weight is 238 g/mol. The molecule has 0 radical (unpaired) electrons. The summed E-state index contributed by atoms with van der Waals surface area (Å²) in [6, 6.07) is -0.301. The van der Waals surface area contributed by atoms with E-state index in [1.807, 2.05) is 25.7 Å². The van der Waals surface area contributed by atoms with Crippen molar-refractivity contribution in [2.75, 3.05) is 0 Å². The first-order chi connectivity index (χ1) is 7.97. The highest BCUT2D eigenvalue weighted by Crippen LogP contribution is 2.38. The molecule has 2 aliphatic rings. The van der Waals surface area contributed by atoms with Crippen molar-refractivity contribution >= 4 is 11.8 Å². The van der Waals surface area contributed by atoms with Crippen LogP contribution < -0.4 is 5.32 Å². The quantitative estimate of drug-likeness (QED) is 0.802. The van der Waals surface area contributed by atoms with Gasteiger partial charge in [0.1, 0.15) is 12.1 Å². The molecule has 2 amide bonds. The molecule has 0 aromatic rings. The van der Waals surface area contributed by atoms with Gasteiger partial charge in [0, 0.05) is 6.04 Å². The Hall–Kier alpha value is -1.06. The summed E-state index contributed by atoms with van der Waals surface area (Å²) in [5.41, 5.74) is 0. The van der Waals surface area contributed by atoms with Crippen molar-refractivity contribution in [3.63, 3.8) is 0 Å². The summed E-state index contributed by atoms with van der Waals surface area (Å²) in [6.07, 6.45) is 1.74. The lowest BCUT2D eigenvalue weighted by molar-refractivity contribution is -0.151. The summed E-state index contributed by atoms with van der Waals surface area (Å²) in [5.74, 6) is 0.832. The van der Waals surface area contributed by atoms with E-state index in [4.69, 9.17) is 0 Å². The smallest absolute Gasteiger partial charge is 0.246 e. The number of carbonyl (C=O) groups excluding carboxylic acids is 2. The van der Waals surface area contributed by atoms with Crippen LogP contribution in [0.4, 0.5) is 0 Å². The second-order valence-electron chi connectivity index (χ2n) is 5.68. The van der Waals surface area contributed by atoms with Crippen molar-refractivity contribution in [3.05, 3.63) is 0 Å². The first-order valence-electron chi connectivity index (χ1n) is 6.59. The molecule has 0 aromatic heterocycles. The molecular formula is C13H22N2O2. The highest BCUT2D eigenvalue weighted by atomic mass is 16.2. The third-order valence-corrected chi connectivity index (χ3v) is 3.93. The van der Waals surface area contributed by atoms with Gasteiger partial charge in [-0.1, -0.05) is 27.7 Å². The van der Waals surface area contributed by atoms with Crippen LogP contribution in [-0.4, -0.2) is 34.8 Å². The number of amides is 2. The molecule has 1 heterocycles. The van der Waals surface area contributed by atoms with Crippen LogP contribution in [0.5, 0.6) is 0 Å². The van der Waals surface area contributed by atoms with Crippen LogP contribution in [0.2, 0.25) is 0 Å². The molecule has 2 fully saturated rings. The topological polar surface area (TPSA) is 49.4 Å². The van der Waals surface area contributed by atoms with E-state index < -0.39 is 0 Å². The minimum atomic E-state index is -0.335. The Morgan fingerprint density at radius 2 is 2.00 bits per heavy atom.